The minimum absolute atomic E-state index is 0.237. The second-order valence-electron chi connectivity index (χ2n) is 4.68. The summed E-state index contributed by atoms with van der Waals surface area (Å²) in [6, 6.07) is 0. The molecule has 2 rings (SSSR count). The maximum Gasteiger partial charge on any atom is 0.407 e. The molecule has 1 aliphatic carbocycles. The molecule has 4 atom stereocenters. The van der Waals surface area contributed by atoms with Gasteiger partial charge >= 0.3 is 6.09 Å². The number of likely N-dealkylation sites (tertiary alicyclic amines) is 1. The van der Waals surface area contributed by atoms with Crippen LogP contribution in [0.2, 0.25) is 0 Å². The van der Waals surface area contributed by atoms with Gasteiger partial charge in [-0.3, -0.25) is 0 Å². The van der Waals surface area contributed by atoms with E-state index in [2.05, 4.69) is 0 Å². The van der Waals surface area contributed by atoms with Crippen LogP contribution < -0.4 is 0 Å². The molecule has 1 heterocycles. The Morgan fingerprint density at radius 1 is 1.36 bits per heavy atom. The zero-order chi connectivity index (χ0) is 10.3. The molecular formula is C10H17NO3. The van der Waals surface area contributed by atoms with Gasteiger partial charge in [0.15, 0.2) is 0 Å². The van der Waals surface area contributed by atoms with E-state index in [-0.39, 0.29) is 6.10 Å². The van der Waals surface area contributed by atoms with Crippen LogP contribution in [0.15, 0.2) is 0 Å². The molecule has 0 aromatic carbocycles. The van der Waals surface area contributed by atoms with Crippen molar-refractivity contribution in [2.75, 3.05) is 13.1 Å². The van der Waals surface area contributed by atoms with E-state index in [1.54, 1.807) is 0 Å². The highest BCUT2D eigenvalue weighted by atomic mass is 16.4. The van der Waals surface area contributed by atoms with Gasteiger partial charge in [-0.1, -0.05) is 0 Å². The summed E-state index contributed by atoms with van der Waals surface area (Å²) >= 11 is 0. The zero-order valence-corrected chi connectivity index (χ0v) is 8.39. The van der Waals surface area contributed by atoms with Crippen molar-refractivity contribution in [3.63, 3.8) is 0 Å². The maximum absolute atomic E-state index is 10.7. The van der Waals surface area contributed by atoms with Crippen LogP contribution in [0.3, 0.4) is 0 Å². The molecule has 0 spiro atoms. The van der Waals surface area contributed by atoms with E-state index in [1.807, 2.05) is 6.92 Å². The highest BCUT2D eigenvalue weighted by Crippen LogP contribution is 2.42. The van der Waals surface area contributed by atoms with Gasteiger partial charge in [-0.15, -0.1) is 0 Å². The number of carboxylic acid groups (broad SMARTS) is 1. The molecular weight excluding hydrogens is 182 g/mol. The standard InChI is InChI=1S/C10H17NO3/c1-6(12)7-2-8-4-11(10(13)14)5-9(8)3-7/h6-9,12H,2-5H2,1H3,(H,13,14)/t6?,7?,8-,9+. The second kappa shape index (κ2) is 3.42. The summed E-state index contributed by atoms with van der Waals surface area (Å²) in [7, 11) is 0. The predicted molar refractivity (Wildman–Crippen MR) is 51.0 cm³/mol. The third-order valence-electron chi connectivity index (χ3n) is 3.74. The fourth-order valence-corrected chi connectivity index (χ4v) is 2.90. The number of hydrogen-bond donors (Lipinski definition) is 2. The lowest BCUT2D eigenvalue weighted by molar-refractivity contribution is 0.117. The van der Waals surface area contributed by atoms with Crippen molar-refractivity contribution in [1.29, 1.82) is 0 Å². The fraction of sp³-hybridized carbons (Fsp3) is 0.900. The molecule has 1 saturated heterocycles. The molecule has 1 amide bonds. The molecule has 2 fully saturated rings. The Morgan fingerprint density at radius 3 is 2.21 bits per heavy atom. The zero-order valence-electron chi connectivity index (χ0n) is 8.39. The van der Waals surface area contributed by atoms with Crippen molar-refractivity contribution in [2.45, 2.75) is 25.9 Å². The number of aliphatic hydroxyl groups excluding tert-OH is 1. The molecule has 1 aliphatic heterocycles. The SMILES string of the molecule is CC(O)C1C[C@@H]2CN(C(=O)O)C[C@@H]2C1. The first-order valence-corrected chi connectivity index (χ1v) is 5.24. The summed E-state index contributed by atoms with van der Waals surface area (Å²) < 4.78 is 0. The van der Waals surface area contributed by atoms with Crippen LogP contribution in [0, 0.1) is 17.8 Å². The van der Waals surface area contributed by atoms with Gasteiger partial charge in [0.2, 0.25) is 0 Å². The topological polar surface area (TPSA) is 60.8 Å². The van der Waals surface area contributed by atoms with Crippen LogP contribution in [0.1, 0.15) is 19.8 Å². The Labute approximate surface area is 83.5 Å². The molecule has 80 valence electrons. The molecule has 2 aliphatic rings. The van der Waals surface area contributed by atoms with E-state index in [0.717, 1.165) is 12.8 Å². The van der Waals surface area contributed by atoms with Gasteiger partial charge in [0.1, 0.15) is 0 Å². The first-order chi connectivity index (χ1) is 6.58. The number of hydrogen-bond acceptors (Lipinski definition) is 2. The van der Waals surface area contributed by atoms with Crippen molar-refractivity contribution in [2.24, 2.45) is 17.8 Å². The molecule has 0 aromatic rings. The average molecular weight is 199 g/mol. The number of carbonyl (C=O) groups is 1. The van der Waals surface area contributed by atoms with Crippen molar-refractivity contribution in [3.05, 3.63) is 0 Å². The van der Waals surface area contributed by atoms with E-state index < -0.39 is 6.09 Å². The normalized spacial score (nSPS) is 38.4. The summed E-state index contributed by atoms with van der Waals surface area (Å²) in [5.74, 6) is 1.37. The van der Waals surface area contributed by atoms with Crippen LogP contribution in [0.4, 0.5) is 4.79 Å². The number of rotatable bonds is 1. The number of amides is 1. The third kappa shape index (κ3) is 1.59. The lowest BCUT2D eigenvalue weighted by Gasteiger charge is -2.17. The average Bonchev–Trinajstić information content (AvgIpc) is 2.57. The van der Waals surface area contributed by atoms with Gasteiger partial charge < -0.3 is 15.1 Å². The smallest absolute Gasteiger partial charge is 0.407 e. The maximum atomic E-state index is 10.7. The molecule has 0 aromatic heterocycles. The van der Waals surface area contributed by atoms with Gasteiger partial charge in [0.05, 0.1) is 6.10 Å². The van der Waals surface area contributed by atoms with E-state index in [0.29, 0.717) is 30.8 Å². The molecule has 4 nitrogen and oxygen atoms in total. The highest BCUT2D eigenvalue weighted by Gasteiger charge is 2.43. The summed E-state index contributed by atoms with van der Waals surface area (Å²) in [4.78, 5) is 12.2. The first kappa shape index (κ1) is 9.77. The molecule has 0 radical (unpaired) electrons. The van der Waals surface area contributed by atoms with Crippen LogP contribution in [-0.2, 0) is 0 Å². The Kier molecular flexibility index (Phi) is 2.39. The van der Waals surface area contributed by atoms with Gasteiger partial charge in [-0.05, 0) is 37.5 Å². The Balaban J connectivity index is 1.93. The second-order valence-corrected chi connectivity index (χ2v) is 4.68. The minimum Gasteiger partial charge on any atom is -0.465 e. The minimum atomic E-state index is -0.798. The number of fused-ring (bicyclic) bond motifs is 1. The molecule has 14 heavy (non-hydrogen) atoms. The van der Waals surface area contributed by atoms with Gasteiger partial charge in [0, 0.05) is 13.1 Å². The lowest BCUT2D eigenvalue weighted by atomic mass is 10.0. The number of nitrogens with zero attached hydrogens (tertiary/aromatic N) is 1. The van der Waals surface area contributed by atoms with Gasteiger partial charge in [-0.25, -0.2) is 4.79 Å². The van der Waals surface area contributed by atoms with Gasteiger partial charge in [0.25, 0.3) is 0 Å². The van der Waals surface area contributed by atoms with Crippen molar-refractivity contribution >= 4 is 6.09 Å². The lowest BCUT2D eigenvalue weighted by Crippen LogP contribution is -2.28. The molecule has 0 bridgehead atoms. The molecule has 4 heteroatoms. The monoisotopic (exact) mass is 199 g/mol. The predicted octanol–water partition coefficient (Wildman–Crippen LogP) is 1.00. The van der Waals surface area contributed by atoms with Crippen LogP contribution >= 0.6 is 0 Å². The van der Waals surface area contributed by atoms with E-state index in [9.17, 15) is 9.90 Å². The Morgan fingerprint density at radius 2 is 1.86 bits per heavy atom. The molecule has 2 unspecified atom stereocenters. The van der Waals surface area contributed by atoms with Crippen LogP contribution in [0.5, 0.6) is 0 Å². The summed E-state index contributed by atoms with van der Waals surface area (Å²) in [5, 5.41) is 18.3. The molecule has 2 N–H and O–H groups in total. The Hall–Kier alpha value is -0.770. The van der Waals surface area contributed by atoms with Crippen LogP contribution in [0.25, 0.3) is 0 Å². The summed E-state index contributed by atoms with van der Waals surface area (Å²) in [6.45, 7) is 3.17. The summed E-state index contributed by atoms with van der Waals surface area (Å²) in [5.41, 5.74) is 0. The van der Waals surface area contributed by atoms with E-state index in [4.69, 9.17) is 5.11 Å². The first-order valence-electron chi connectivity index (χ1n) is 5.24. The summed E-state index contributed by atoms with van der Waals surface area (Å²) in [6.07, 6.45) is 0.949. The van der Waals surface area contributed by atoms with Crippen molar-refractivity contribution < 1.29 is 15.0 Å². The van der Waals surface area contributed by atoms with E-state index in [1.165, 1.54) is 4.90 Å². The largest absolute Gasteiger partial charge is 0.465 e. The van der Waals surface area contributed by atoms with Gasteiger partial charge in [-0.2, -0.15) is 0 Å². The number of aliphatic hydroxyl groups is 1. The quantitative estimate of drug-likeness (QED) is 0.662. The fourth-order valence-electron chi connectivity index (χ4n) is 2.90. The third-order valence-corrected chi connectivity index (χ3v) is 3.74. The van der Waals surface area contributed by atoms with Crippen LogP contribution in [-0.4, -0.2) is 40.4 Å². The van der Waals surface area contributed by atoms with Crippen molar-refractivity contribution in [1.82, 2.24) is 4.90 Å². The van der Waals surface area contributed by atoms with E-state index >= 15 is 0 Å². The van der Waals surface area contributed by atoms with Crippen molar-refractivity contribution in [3.8, 4) is 0 Å². The highest BCUT2D eigenvalue weighted by molar-refractivity contribution is 5.65. The molecule has 1 saturated carbocycles. The Bertz CT molecular complexity index is 228.